The third-order valence-electron chi connectivity index (χ3n) is 3.41. The van der Waals surface area contributed by atoms with Crippen LogP contribution in [0.15, 0.2) is 21.4 Å². The number of amides is 1. The molecular weight excluding hydrogens is 338 g/mol. The highest BCUT2D eigenvalue weighted by Gasteiger charge is 2.25. The van der Waals surface area contributed by atoms with Crippen molar-refractivity contribution < 1.29 is 14.1 Å². The van der Waals surface area contributed by atoms with Crippen molar-refractivity contribution in [2.75, 3.05) is 11.4 Å². The van der Waals surface area contributed by atoms with Gasteiger partial charge in [0.2, 0.25) is 5.91 Å². The van der Waals surface area contributed by atoms with Gasteiger partial charge in [0.1, 0.15) is 5.84 Å². The van der Waals surface area contributed by atoms with E-state index in [9.17, 15) is 14.1 Å². The summed E-state index contributed by atoms with van der Waals surface area (Å²) in [4.78, 5) is 13.6. The quantitative estimate of drug-likeness (QED) is 0.634. The summed E-state index contributed by atoms with van der Waals surface area (Å²) in [6, 6.07) is 3.35. The van der Waals surface area contributed by atoms with Crippen LogP contribution in [0.3, 0.4) is 0 Å². The van der Waals surface area contributed by atoms with E-state index in [0.29, 0.717) is 28.6 Å². The maximum Gasteiger partial charge on any atom is 0.223 e. The fraction of sp³-hybridized carbons (Fsp3) is 0.467. The van der Waals surface area contributed by atoms with Gasteiger partial charge in [0.25, 0.3) is 0 Å². The minimum Gasteiger partial charge on any atom is -0.390 e. The average Bonchev–Trinajstić information content (AvgIpc) is 2.77. The second-order valence-corrected chi connectivity index (χ2v) is 7.68. The number of aliphatic hydroxyl groups is 1. The molecule has 0 aromatic heterocycles. The number of benzene rings is 1. The van der Waals surface area contributed by atoms with Gasteiger partial charge in [0.05, 0.1) is 15.5 Å². The van der Waals surface area contributed by atoms with Crippen LogP contribution in [0.5, 0.6) is 0 Å². The summed E-state index contributed by atoms with van der Waals surface area (Å²) in [7, 11) is -1.80. The molecule has 0 radical (unpaired) electrons. The molecule has 0 fully saturated rings. The molecule has 3 N–H and O–H groups in total. The molecular formula is C15H20ClN3O3S. The largest absolute Gasteiger partial charge is 0.390 e. The molecule has 1 aliphatic rings. The molecule has 23 heavy (non-hydrogen) atoms. The molecule has 6 nitrogen and oxygen atoms in total. The van der Waals surface area contributed by atoms with Crippen LogP contribution in [0.25, 0.3) is 0 Å². The first-order chi connectivity index (χ1) is 10.6. The van der Waals surface area contributed by atoms with Gasteiger partial charge in [-0.1, -0.05) is 11.6 Å². The maximum absolute atomic E-state index is 12.4. The zero-order valence-corrected chi connectivity index (χ0v) is 14.9. The van der Waals surface area contributed by atoms with Gasteiger partial charge < -0.3 is 15.7 Å². The van der Waals surface area contributed by atoms with Gasteiger partial charge in [-0.3, -0.25) is 4.79 Å². The van der Waals surface area contributed by atoms with E-state index in [1.54, 1.807) is 30.9 Å². The third kappa shape index (κ3) is 4.31. The highest BCUT2D eigenvalue weighted by molar-refractivity contribution is 7.84. The Morgan fingerprint density at radius 1 is 1.52 bits per heavy atom. The molecule has 1 amide bonds. The summed E-state index contributed by atoms with van der Waals surface area (Å²) in [6.07, 6.45) is 0.812. The Labute approximate surface area is 142 Å². The van der Waals surface area contributed by atoms with Crippen LogP contribution in [-0.4, -0.2) is 33.2 Å². The number of carbonyl (C=O) groups excluding carboxylic acids is 1. The molecule has 1 aromatic rings. The molecule has 1 atom stereocenters. The summed E-state index contributed by atoms with van der Waals surface area (Å²) < 4.78 is 16.3. The lowest BCUT2D eigenvalue weighted by Crippen LogP contribution is -2.28. The van der Waals surface area contributed by atoms with Crippen LogP contribution in [0, 0.1) is 0 Å². The summed E-state index contributed by atoms with van der Waals surface area (Å²) >= 11 is 6.19. The van der Waals surface area contributed by atoms with Gasteiger partial charge in [-0.25, -0.2) is 4.21 Å². The van der Waals surface area contributed by atoms with Crippen LogP contribution in [0.2, 0.25) is 5.02 Å². The minimum absolute atomic E-state index is 0.0761. The number of rotatable bonds is 4. The lowest BCUT2D eigenvalue weighted by Gasteiger charge is -2.17. The lowest BCUT2D eigenvalue weighted by molar-refractivity contribution is -0.116. The van der Waals surface area contributed by atoms with Crippen molar-refractivity contribution in [1.82, 2.24) is 0 Å². The van der Waals surface area contributed by atoms with Crippen LogP contribution < -0.4 is 10.6 Å². The van der Waals surface area contributed by atoms with Crippen LogP contribution in [0.1, 0.15) is 32.8 Å². The van der Waals surface area contributed by atoms with Crippen molar-refractivity contribution in [3.05, 3.63) is 22.7 Å². The van der Waals surface area contributed by atoms with Crippen LogP contribution in [0.4, 0.5) is 5.69 Å². The first-order valence-electron chi connectivity index (χ1n) is 7.16. The van der Waals surface area contributed by atoms with Crippen molar-refractivity contribution in [2.45, 2.75) is 44.1 Å². The van der Waals surface area contributed by atoms with E-state index >= 15 is 0 Å². The predicted molar refractivity (Wildman–Crippen MR) is 92.1 cm³/mol. The van der Waals surface area contributed by atoms with Gasteiger partial charge in [0, 0.05) is 25.6 Å². The van der Waals surface area contributed by atoms with Crippen molar-refractivity contribution in [3.8, 4) is 0 Å². The number of hydrogen-bond donors (Lipinski definition) is 2. The van der Waals surface area contributed by atoms with Gasteiger partial charge in [-0.2, -0.15) is 4.40 Å². The molecule has 1 aliphatic heterocycles. The zero-order chi connectivity index (χ0) is 17.4. The van der Waals surface area contributed by atoms with E-state index in [4.69, 9.17) is 17.3 Å². The number of anilines is 1. The number of hydrogen-bond acceptors (Lipinski definition) is 3. The van der Waals surface area contributed by atoms with Crippen LogP contribution in [-0.2, 0) is 22.2 Å². The Balaban J connectivity index is 2.33. The molecule has 8 heteroatoms. The van der Waals surface area contributed by atoms with Crippen LogP contribution >= 0.6 is 11.6 Å². The summed E-state index contributed by atoms with van der Waals surface area (Å²) in [6.45, 7) is 5.25. The standard InChI is InChI=1S/C15H20ClN3O3S/c1-9(20)19-5-4-10-6-11(16)13(7-12(10)19)23(22)18-14(17)8-15(2,3)21/h6-7,21H,4-5,8H2,1-3H3,(H2,17,18). The van der Waals surface area contributed by atoms with E-state index in [1.807, 2.05) is 0 Å². The molecule has 126 valence electrons. The predicted octanol–water partition coefficient (Wildman–Crippen LogP) is 1.79. The molecule has 2 rings (SSSR count). The van der Waals surface area contributed by atoms with E-state index in [-0.39, 0.29) is 18.2 Å². The zero-order valence-electron chi connectivity index (χ0n) is 13.3. The number of nitrogens with two attached hydrogens (primary N) is 1. The summed E-state index contributed by atoms with van der Waals surface area (Å²) in [5.41, 5.74) is 6.34. The second-order valence-electron chi connectivity index (χ2n) is 6.15. The van der Waals surface area contributed by atoms with E-state index in [0.717, 1.165) is 5.56 Å². The van der Waals surface area contributed by atoms with Crippen molar-refractivity contribution in [1.29, 1.82) is 0 Å². The molecule has 1 heterocycles. The Morgan fingerprint density at radius 3 is 2.74 bits per heavy atom. The third-order valence-corrected chi connectivity index (χ3v) is 4.95. The molecule has 0 saturated heterocycles. The Hall–Kier alpha value is -1.44. The molecule has 1 aromatic carbocycles. The monoisotopic (exact) mass is 357 g/mol. The maximum atomic E-state index is 12.4. The molecule has 1 unspecified atom stereocenters. The van der Waals surface area contributed by atoms with Crippen molar-refractivity contribution in [2.24, 2.45) is 10.1 Å². The van der Waals surface area contributed by atoms with E-state index in [2.05, 4.69) is 4.40 Å². The fourth-order valence-electron chi connectivity index (χ4n) is 2.48. The highest BCUT2D eigenvalue weighted by Crippen LogP contribution is 2.35. The minimum atomic E-state index is -1.80. The normalized spacial score (nSPS) is 16.4. The average molecular weight is 358 g/mol. The first kappa shape index (κ1) is 17.9. The second kappa shape index (κ2) is 6.59. The smallest absolute Gasteiger partial charge is 0.223 e. The van der Waals surface area contributed by atoms with Gasteiger partial charge in [0.15, 0.2) is 11.0 Å². The van der Waals surface area contributed by atoms with Crippen molar-refractivity contribution >= 4 is 40.0 Å². The summed E-state index contributed by atoms with van der Waals surface area (Å²) in [5, 5.41) is 10.0. The van der Waals surface area contributed by atoms with E-state index in [1.165, 1.54) is 6.92 Å². The fourth-order valence-corrected chi connectivity index (χ4v) is 3.68. The number of fused-ring (bicyclic) bond motifs is 1. The number of halogens is 1. The SMILES string of the molecule is CC(=O)N1CCc2cc(Cl)c(S(=O)/N=C(\N)CC(C)(C)O)cc21. The topological polar surface area (TPSA) is 96.0 Å². The number of amidine groups is 1. The first-order valence-corrected chi connectivity index (χ1v) is 8.65. The highest BCUT2D eigenvalue weighted by atomic mass is 35.5. The van der Waals surface area contributed by atoms with Gasteiger partial charge in [-0.05, 0) is 38.0 Å². The molecule has 0 spiro atoms. The molecule has 0 aliphatic carbocycles. The van der Waals surface area contributed by atoms with E-state index < -0.39 is 16.6 Å². The Kier molecular flexibility index (Phi) is 5.13. The Morgan fingerprint density at radius 2 is 2.17 bits per heavy atom. The molecule has 0 saturated carbocycles. The Bertz CT molecular complexity index is 698. The molecule has 0 bridgehead atoms. The van der Waals surface area contributed by atoms with Gasteiger partial charge in [-0.15, -0.1) is 0 Å². The lowest BCUT2D eigenvalue weighted by atomic mass is 10.1. The number of nitrogens with zero attached hydrogens (tertiary/aromatic N) is 2. The van der Waals surface area contributed by atoms with Gasteiger partial charge >= 0.3 is 0 Å². The number of carbonyl (C=O) groups is 1. The van der Waals surface area contributed by atoms with Crippen molar-refractivity contribution in [3.63, 3.8) is 0 Å². The summed E-state index contributed by atoms with van der Waals surface area (Å²) in [5.74, 6) is 0.00340.